The molecule has 2 bridgehead atoms. The lowest BCUT2D eigenvalue weighted by Crippen LogP contribution is -2.47. The molecular formula is C30H26F2N4O4. The topological polar surface area (TPSA) is 96.6 Å². The highest BCUT2D eigenvalue weighted by molar-refractivity contribution is 6.07. The molecule has 204 valence electrons. The molecule has 2 aliphatic heterocycles. The van der Waals surface area contributed by atoms with Crippen molar-refractivity contribution in [1.29, 1.82) is 0 Å². The lowest BCUT2D eigenvalue weighted by molar-refractivity contribution is 0.0946. The largest absolute Gasteiger partial charge is 0.467 e. The molecule has 6 rings (SSSR count). The summed E-state index contributed by atoms with van der Waals surface area (Å²) in [5, 5.41) is 5.42. The van der Waals surface area contributed by atoms with Crippen molar-refractivity contribution >= 4 is 23.2 Å². The van der Waals surface area contributed by atoms with Crippen LogP contribution in [-0.2, 0) is 13.1 Å². The van der Waals surface area contributed by atoms with Gasteiger partial charge in [-0.2, -0.15) is 0 Å². The Morgan fingerprint density at radius 2 is 1.73 bits per heavy atom. The minimum atomic E-state index is -0.985. The second-order valence-corrected chi connectivity index (χ2v) is 10.1. The van der Waals surface area contributed by atoms with E-state index >= 15 is 0 Å². The molecule has 0 radical (unpaired) electrons. The zero-order chi connectivity index (χ0) is 27.8. The third-order valence-corrected chi connectivity index (χ3v) is 7.52. The molecule has 2 unspecified atom stereocenters. The van der Waals surface area contributed by atoms with Gasteiger partial charge in [-0.3, -0.25) is 14.4 Å². The molecular weight excluding hydrogens is 518 g/mol. The number of carbonyl (C=O) groups excluding carboxylic acids is 2. The number of nitrogens with one attached hydrogen (secondary N) is 2. The summed E-state index contributed by atoms with van der Waals surface area (Å²) in [5.74, 6) is -2.48. The highest BCUT2D eigenvalue weighted by atomic mass is 19.1. The fraction of sp³-hybridized carbons (Fsp3) is 0.233. The third-order valence-electron chi connectivity index (χ3n) is 7.52. The number of benzene rings is 2. The smallest absolute Gasteiger partial charge is 0.261 e. The maximum absolute atomic E-state index is 14.4. The van der Waals surface area contributed by atoms with Crippen LogP contribution in [0.5, 0.6) is 0 Å². The van der Waals surface area contributed by atoms with Crippen LogP contribution in [0.25, 0.3) is 0 Å². The van der Waals surface area contributed by atoms with Crippen LogP contribution >= 0.6 is 0 Å². The van der Waals surface area contributed by atoms with Crippen LogP contribution in [0.3, 0.4) is 0 Å². The Balaban J connectivity index is 1.33. The van der Waals surface area contributed by atoms with Crippen LogP contribution in [0, 0.1) is 17.6 Å². The first-order valence-corrected chi connectivity index (χ1v) is 13.0. The molecule has 40 heavy (non-hydrogen) atoms. The zero-order valence-corrected chi connectivity index (χ0v) is 21.4. The Hall–Kier alpha value is -4.73. The molecule has 0 saturated carbocycles. The SMILES string of the molecule is O=C(NCc1ccco1)c1ccc(N2CC3CC(C2)c2cccc(=O)n2C3)c(NC(=O)c2c(F)cccc2F)c1. The van der Waals surface area contributed by atoms with E-state index in [0.717, 1.165) is 24.2 Å². The Bertz CT molecular complexity index is 1630. The van der Waals surface area contributed by atoms with Crippen molar-refractivity contribution in [2.24, 2.45) is 5.92 Å². The number of fused-ring (bicyclic) bond motifs is 4. The number of anilines is 2. The van der Waals surface area contributed by atoms with E-state index in [1.807, 2.05) is 10.6 Å². The minimum absolute atomic E-state index is 0.0227. The van der Waals surface area contributed by atoms with E-state index in [1.54, 1.807) is 36.4 Å². The van der Waals surface area contributed by atoms with Gasteiger partial charge in [0.2, 0.25) is 0 Å². The van der Waals surface area contributed by atoms with Gasteiger partial charge in [-0.15, -0.1) is 0 Å². The fourth-order valence-corrected chi connectivity index (χ4v) is 5.73. The van der Waals surface area contributed by atoms with Gasteiger partial charge in [-0.05, 0) is 60.9 Å². The number of hydrogen-bond acceptors (Lipinski definition) is 5. The summed E-state index contributed by atoms with van der Waals surface area (Å²) >= 11 is 0. The quantitative estimate of drug-likeness (QED) is 0.372. The molecule has 0 aliphatic carbocycles. The molecule has 4 heterocycles. The van der Waals surface area contributed by atoms with Crippen molar-refractivity contribution in [2.45, 2.75) is 25.4 Å². The molecule has 0 spiro atoms. The summed E-state index contributed by atoms with van der Waals surface area (Å²) < 4.78 is 35.9. The van der Waals surface area contributed by atoms with E-state index < -0.39 is 29.0 Å². The van der Waals surface area contributed by atoms with Crippen LogP contribution in [0.1, 0.15) is 44.5 Å². The predicted octanol–water partition coefficient (Wildman–Crippen LogP) is 4.53. The summed E-state index contributed by atoms with van der Waals surface area (Å²) in [4.78, 5) is 40.6. The summed E-state index contributed by atoms with van der Waals surface area (Å²) in [6.07, 6.45) is 2.43. The van der Waals surface area contributed by atoms with Crippen molar-refractivity contribution in [1.82, 2.24) is 9.88 Å². The van der Waals surface area contributed by atoms with E-state index in [4.69, 9.17) is 4.42 Å². The highest BCUT2D eigenvalue weighted by Gasteiger charge is 2.35. The van der Waals surface area contributed by atoms with Gasteiger partial charge in [0.25, 0.3) is 17.4 Å². The Labute approximate surface area is 228 Å². The summed E-state index contributed by atoms with van der Waals surface area (Å²) in [5.41, 5.74) is 1.36. The molecule has 4 aromatic rings. The number of aromatic nitrogens is 1. The van der Waals surface area contributed by atoms with Crippen molar-refractivity contribution in [3.8, 4) is 0 Å². The number of nitrogens with zero attached hydrogens (tertiary/aromatic N) is 2. The van der Waals surface area contributed by atoms with Gasteiger partial charge in [0.1, 0.15) is 23.0 Å². The predicted molar refractivity (Wildman–Crippen MR) is 144 cm³/mol. The monoisotopic (exact) mass is 544 g/mol. The average molecular weight is 545 g/mol. The second kappa shape index (κ2) is 10.4. The summed E-state index contributed by atoms with van der Waals surface area (Å²) in [6, 6.07) is 16.8. The molecule has 1 saturated heterocycles. The summed E-state index contributed by atoms with van der Waals surface area (Å²) in [7, 11) is 0. The number of hydrogen-bond donors (Lipinski definition) is 2. The number of pyridine rings is 1. The molecule has 2 atom stereocenters. The molecule has 8 nitrogen and oxygen atoms in total. The van der Waals surface area contributed by atoms with Gasteiger partial charge in [-0.25, -0.2) is 8.78 Å². The van der Waals surface area contributed by atoms with Crippen LogP contribution < -0.4 is 21.1 Å². The first kappa shape index (κ1) is 25.5. The van der Waals surface area contributed by atoms with Gasteiger partial charge in [0.05, 0.1) is 24.2 Å². The minimum Gasteiger partial charge on any atom is -0.467 e. The van der Waals surface area contributed by atoms with Crippen LogP contribution in [0.15, 0.2) is 82.2 Å². The maximum Gasteiger partial charge on any atom is 0.261 e. The van der Waals surface area contributed by atoms with Gasteiger partial charge in [0, 0.05) is 42.9 Å². The van der Waals surface area contributed by atoms with Crippen LogP contribution in [0.2, 0.25) is 0 Å². The lowest BCUT2D eigenvalue weighted by atomic mass is 9.83. The van der Waals surface area contributed by atoms with Crippen molar-refractivity contribution < 1.29 is 22.8 Å². The third kappa shape index (κ3) is 4.88. The maximum atomic E-state index is 14.4. The van der Waals surface area contributed by atoms with Crippen LogP contribution in [-0.4, -0.2) is 29.5 Å². The Kier molecular flexibility index (Phi) is 6.67. The highest BCUT2D eigenvalue weighted by Crippen LogP contribution is 2.39. The number of amides is 2. The Morgan fingerprint density at radius 3 is 2.50 bits per heavy atom. The van der Waals surface area contributed by atoms with Crippen molar-refractivity contribution in [3.63, 3.8) is 0 Å². The average Bonchev–Trinajstić information content (AvgIpc) is 3.46. The van der Waals surface area contributed by atoms with Crippen molar-refractivity contribution in [3.05, 3.63) is 118 Å². The first-order chi connectivity index (χ1) is 19.4. The standard InChI is InChI=1S/C30H26F2N4O4/c31-22-5-1-6-23(32)28(22)30(39)34-24-13-19(29(38)33-14-21-4-3-11-40-21)9-10-26(24)35-15-18-12-20(17-35)25-7-2-8-27(37)36(25)16-18/h1-11,13,18,20H,12,14-17H2,(H,33,38)(H,34,39). The zero-order valence-electron chi connectivity index (χ0n) is 21.4. The molecule has 2 N–H and O–H groups in total. The lowest BCUT2D eigenvalue weighted by Gasteiger charge is -2.44. The number of piperidine rings is 1. The Morgan fingerprint density at radius 1 is 0.925 bits per heavy atom. The van der Waals surface area contributed by atoms with E-state index in [2.05, 4.69) is 15.5 Å². The van der Waals surface area contributed by atoms with Gasteiger partial charge in [-0.1, -0.05) is 12.1 Å². The van der Waals surface area contributed by atoms with Crippen molar-refractivity contribution in [2.75, 3.05) is 23.3 Å². The molecule has 10 heteroatoms. The number of halogens is 2. The molecule has 1 fully saturated rings. The molecule has 2 aliphatic rings. The van der Waals surface area contributed by atoms with Gasteiger partial charge < -0.3 is 24.5 Å². The number of rotatable bonds is 6. The van der Waals surface area contributed by atoms with Crippen LogP contribution in [0.4, 0.5) is 20.2 Å². The van der Waals surface area contributed by atoms with E-state index in [9.17, 15) is 23.2 Å². The first-order valence-electron chi connectivity index (χ1n) is 13.0. The second-order valence-electron chi connectivity index (χ2n) is 10.1. The summed E-state index contributed by atoms with van der Waals surface area (Å²) in [6.45, 7) is 1.93. The van der Waals surface area contributed by atoms with E-state index in [1.165, 1.54) is 18.4 Å². The molecule has 2 aromatic heterocycles. The van der Waals surface area contributed by atoms with E-state index in [-0.39, 0.29) is 35.2 Å². The molecule has 2 aromatic carbocycles. The normalized spacial score (nSPS) is 17.7. The van der Waals surface area contributed by atoms with Gasteiger partial charge in [0.15, 0.2) is 0 Å². The number of carbonyl (C=O) groups is 2. The van der Waals surface area contributed by atoms with E-state index in [0.29, 0.717) is 31.1 Å². The number of furan rings is 1. The van der Waals surface area contributed by atoms with Gasteiger partial charge >= 0.3 is 0 Å². The fourth-order valence-electron chi connectivity index (χ4n) is 5.73. The molecule has 2 amide bonds.